The monoisotopic (exact) mass is 376 g/mol. The van der Waals surface area contributed by atoms with Crippen LogP contribution in [0, 0.1) is 13.8 Å². The summed E-state index contributed by atoms with van der Waals surface area (Å²) in [6, 6.07) is 12.0. The second kappa shape index (κ2) is 9.08. The Morgan fingerprint density at radius 3 is 2.54 bits per heavy atom. The van der Waals surface area contributed by atoms with Crippen LogP contribution in [0.25, 0.3) is 11.3 Å². The fourth-order valence-electron chi connectivity index (χ4n) is 3.11. The van der Waals surface area contributed by atoms with Crippen LogP contribution in [0.15, 0.2) is 53.6 Å². The van der Waals surface area contributed by atoms with E-state index in [1.807, 2.05) is 38.1 Å². The Balaban J connectivity index is 1.56. The van der Waals surface area contributed by atoms with E-state index in [0.717, 1.165) is 48.2 Å². The molecule has 0 aliphatic rings. The van der Waals surface area contributed by atoms with E-state index in [2.05, 4.69) is 27.3 Å². The molecular formula is C22H24N4O2. The third-order valence-corrected chi connectivity index (χ3v) is 4.97. The number of carbonyl (C=O) groups is 1. The van der Waals surface area contributed by atoms with Gasteiger partial charge < -0.3 is 4.90 Å². The van der Waals surface area contributed by atoms with Crippen molar-refractivity contribution in [2.75, 3.05) is 11.4 Å². The summed E-state index contributed by atoms with van der Waals surface area (Å²) in [5.74, 6) is 0. The van der Waals surface area contributed by atoms with Crippen molar-refractivity contribution in [2.24, 2.45) is 0 Å². The number of aryl methyl sites for hydroxylation is 1. The van der Waals surface area contributed by atoms with Crippen molar-refractivity contribution in [3.8, 4) is 11.3 Å². The lowest BCUT2D eigenvalue weighted by Gasteiger charge is -2.16. The summed E-state index contributed by atoms with van der Waals surface area (Å²) in [6.07, 6.45) is 7.09. The van der Waals surface area contributed by atoms with E-state index in [1.54, 1.807) is 17.3 Å². The van der Waals surface area contributed by atoms with Gasteiger partial charge in [-0.05, 0) is 56.4 Å². The van der Waals surface area contributed by atoms with Gasteiger partial charge in [-0.3, -0.25) is 14.6 Å². The third kappa shape index (κ3) is 4.52. The highest BCUT2D eigenvalue weighted by Gasteiger charge is 2.09. The molecule has 0 unspecified atom stereocenters. The molecule has 1 amide bonds. The van der Waals surface area contributed by atoms with Crippen LogP contribution in [0.5, 0.6) is 0 Å². The molecular weight excluding hydrogens is 352 g/mol. The zero-order chi connectivity index (χ0) is 19.9. The molecule has 2 aromatic heterocycles. The fourth-order valence-corrected chi connectivity index (χ4v) is 3.11. The van der Waals surface area contributed by atoms with Gasteiger partial charge in [-0.25, -0.2) is 5.10 Å². The highest BCUT2D eigenvalue weighted by Crippen LogP contribution is 2.22. The molecule has 0 aliphatic carbocycles. The smallest absolute Gasteiger partial charge is 0.267 e. The second-order valence-corrected chi connectivity index (χ2v) is 6.82. The van der Waals surface area contributed by atoms with E-state index < -0.39 is 0 Å². The minimum absolute atomic E-state index is 0.145. The number of nitrogens with zero attached hydrogens (tertiary/aromatic N) is 3. The summed E-state index contributed by atoms with van der Waals surface area (Å²) < 4.78 is 0. The minimum atomic E-state index is -0.145. The molecule has 0 bridgehead atoms. The van der Waals surface area contributed by atoms with Crippen molar-refractivity contribution in [1.82, 2.24) is 15.2 Å². The Labute approximate surface area is 164 Å². The van der Waals surface area contributed by atoms with E-state index in [1.165, 1.54) is 5.56 Å². The second-order valence-electron chi connectivity index (χ2n) is 6.82. The average Bonchev–Trinajstić information content (AvgIpc) is 2.73. The maximum Gasteiger partial charge on any atom is 0.267 e. The van der Waals surface area contributed by atoms with E-state index in [4.69, 9.17) is 0 Å². The van der Waals surface area contributed by atoms with Gasteiger partial charge in [0.25, 0.3) is 5.56 Å². The van der Waals surface area contributed by atoms with Crippen molar-refractivity contribution in [3.05, 3.63) is 75.8 Å². The largest absolute Gasteiger partial charge is 0.313 e. The maximum absolute atomic E-state index is 11.6. The van der Waals surface area contributed by atoms with Crippen molar-refractivity contribution in [1.29, 1.82) is 0 Å². The van der Waals surface area contributed by atoms with Crippen LogP contribution in [-0.2, 0) is 11.2 Å². The molecule has 2 heterocycles. The number of aromatic nitrogens is 3. The van der Waals surface area contributed by atoms with E-state index in [0.29, 0.717) is 12.1 Å². The molecule has 0 radical (unpaired) electrons. The first-order chi connectivity index (χ1) is 13.6. The quantitative estimate of drug-likeness (QED) is 0.482. The normalized spacial score (nSPS) is 10.6. The zero-order valence-electron chi connectivity index (χ0n) is 16.2. The summed E-state index contributed by atoms with van der Waals surface area (Å²) >= 11 is 0. The number of anilines is 1. The van der Waals surface area contributed by atoms with Crippen LogP contribution < -0.4 is 10.5 Å². The summed E-state index contributed by atoms with van der Waals surface area (Å²) in [7, 11) is 0. The average molecular weight is 376 g/mol. The SMILES string of the molecule is Cc1c(-c2ccc(CCCCN(C=O)c3cccnc3)cc2)n[nH]c(=O)c1C. The maximum atomic E-state index is 11.6. The Morgan fingerprint density at radius 2 is 1.86 bits per heavy atom. The molecule has 0 fully saturated rings. The standard InChI is InChI=1S/C22H24N4O2/c1-16-17(2)22(28)25-24-21(16)19-10-8-18(9-11-19)6-3-4-13-26(15-27)20-7-5-12-23-14-20/h5,7-12,14-15H,3-4,6,13H2,1-2H3,(H,25,28). The summed E-state index contributed by atoms with van der Waals surface area (Å²) in [5, 5.41) is 6.74. The third-order valence-electron chi connectivity index (χ3n) is 4.97. The van der Waals surface area contributed by atoms with Crippen LogP contribution in [0.4, 0.5) is 5.69 Å². The molecule has 0 atom stereocenters. The number of unbranched alkanes of at least 4 members (excludes halogenated alkanes) is 1. The van der Waals surface area contributed by atoms with Crippen LogP contribution in [0.3, 0.4) is 0 Å². The van der Waals surface area contributed by atoms with Crippen LogP contribution >= 0.6 is 0 Å². The number of carbonyl (C=O) groups excluding carboxylic acids is 1. The van der Waals surface area contributed by atoms with E-state index in [9.17, 15) is 9.59 Å². The van der Waals surface area contributed by atoms with Crippen LogP contribution in [0.1, 0.15) is 29.5 Å². The van der Waals surface area contributed by atoms with Crippen molar-refractivity contribution >= 4 is 12.1 Å². The summed E-state index contributed by atoms with van der Waals surface area (Å²) in [5.41, 5.74) is 5.31. The lowest BCUT2D eigenvalue weighted by molar-refractivity contribution is -0.107. The Bertz CT molecular complexity index is 982. The molecule has 6 nitrogen and oxygen atoms in total. The van der Waals surface area contributed by atoms with E-state index >= 15 is 0 Å². The molecule has 3 rings (SSSR count). The van der Waals surface area contributed by atoms with E-state index in [-0.39, 0.29) is 5.56 Å². The van der Waals surface area contributed by atoms with Crippen LogP contribution in [0.2, 0.25) is 0 Å². The number of H-pyrrole nitrogens is 1. The van der Waals surface area contributed by atoms with Gasteiger partial charge in [-0.2, -0.15) is 5.10 Å². The van der Waals surface area contributed by atoms with Gasteiger partial charge in [-0.1, -0.05) is 24.3 Å². The number of hydrogen-bond acceptors (Lipinski definition) is 4. The van der Waals surface area contributed by atoms with Gasteiger partial charge in [0.05, 0.1) is 17.6 Å². The molecule has 0 saturated carbocycles. The molecule has 0 saturated heterocycles. The van der Waals surface area contributed by atoms with Crippen LogP contribution in [-0.4, -0.2) is 28.1 Å². The van der Waals surface area contributed by atoms with Gasteiger partial charge in [-0.15, -0.1) is 0 Å². The lowest BCUT2D eigenvalue weighted by Crippen LogP contribution is -2.22. The molecule has 1 aromatic carbocycles. The number of amides is 1. The van der Waals surface area contributed by atoms with Gasteiger partial charge in [0.15, 0.2) is 0 Å². The molecule has 0 spiro atoms. The van der Waals surface area contributed by atoms with Crippen molar-refractivity contribution in [2.45, 2.75) is 33.1 Å². The predicted molar refractivity (Wildman–Crippen MR) is 110 cm³/mol. The molecule has 144 valence electrons. The first-order valence-electron chi connectivity index (χ1n) is 9.37. The van der Waals surface area contributed by atoms with Gasteiger partial charge in [0.1, 0.15) is 0 Å². The van der Waals surface area contributed by atoms with Crippen molar-refractivity contribution in [3.63, 3.8) is 0 Å². The number of aromatic amines is 1. The zero-order valence-corrected chi connectivity index (χ0v) is 16.2. The molecule has 1 N–H and O–H groups in total. The number of hydrogen-bond donors (Lipinski definition) is 1. The van der Waals surface area contributed by atoms with Crippen molar-refractivity contribution < 1.29 is 4.79 Å². The number of benzene rings is 1. The van der Waals surface area contributed by atoms with Gasteiger partial charge in [0.2, 0.25) is 6.41 Å². The molecule has 6 heteroatoms. The van der Waals surface area contributed by atoms with Gasteiger partial charge >= 0.3 is 0 Å². The first-order valence-corrected chi connectivity index (χ1v) is 9.37. The Kier molecular flexibility index (Phi) is 6.32. The fraction of sp³-hybridized carbons (Fsp3) is 0.273. The molecule has 0 aliphatic heterocycles. The molecule has 28 heavy (non-hydrogen) atoms. The first kappa shape index (κ1) is 19.5. The summed E-state index contributed by atoms with van der Waals surface area (Å²) in [4.78, 5) is 28.7. The number of pyridine rings is 1. The molecule has 3 aromatic rings. The number of nitrogens with one attached hydrogen (secondary N) is 1. The highest BCUT2D eigenvalue weighted by atomic mass is 16.1. The lowest BCUT2D eigenvalue weighted by atomic mass is 10.0. The topological polar surface area (TPSA) is 79.0 Å². The Morgan fingerprint density at radius 1 is 1.07 bits per heavy atom. The Hall–Kier alpha value is -3.28. The van der Waals surface area contributed by atoms with Gasteiger partial charge in [0, 0.05) is 23.9 Å². The minimum Gasteiger partial charge on any atom is -0.313 e. The predicted octanol–water partition coefficient (Wildman–Crippen LogP) is 3.43. The number of rotatable bonds is 8. The summed E-state index contributed by atoms with van der Waals surface area (Å²) in [6.45, 7) is 4.40. The highest BCUT2D eigenvalue weighted by molar-refractivity contribution is 5.74.